The van der Waals surface area contributed by atoms with E-state index in [0.717, 1.165) is 6.42 Å². The summed E-state index contributed by atoms with van der Waals surface area (Å²) in [4.78, 5) is 0. The molecule has 0 spiro atoms. The van der Waals surface area contributed by atoms with Crippen LogP contribution >= 0.6 is 0 Å². The van der Waals surface area contributed by atoms with Crippen LogP contribution in [0.25, 0.3) is 0 Å². The van der Waals surface area contributed by atoms with Gasteiger partial charge in [-0.3, -0.25) is 11.3 Å². The fraction of sp³-hybridized carbons (Fsp3) is 0.294. The maximum Gasteiger partial charge on any atom is 0.0528 e. The first-order chi connectivity index (χ1) is 9.29. The Hall–Kier alpha value is -1.64. The third kappa shape index (κ3) is 2.29. The summed E-state index contributed by atoms with van der Waals surface area (Å²) in [5.41, 5.74) is 8.50. The molecule has 1 aliphatic rings. The normalized spacial score (nSPS) is 19.2. The zero-order valence-corrected chi connectivity index (χ0v) is 11.3. The van der Waals surface area contributed by atoms with Gasteiger partial charge in [-0.25, -0.2) is 0 Å². The van der Waals surface area contributed by atoms with Crippen LogP contribution in [0.15, 0.2) is 48.5 Å². The standard InChI is InChI=1S/C17H20N2/c1-12-6-8-14(9-7-12)17(19-18)16-11-10-13-4-2-3-5-15(13)16/h2-9,16-17,19H,10-11,18H2,1H3. The number of hydrogen-bond donors (Lipinski definition) is 2. The number of benzene rings is 2. The zero-order chi connectivity index (χ0) is 13.2. The quantitative estimate of drug-likeness (QED) is 0.650. The van der Waals surface area contributed by atoms with Crippen molar-refractivity contribution in [2.24, 2.45) is 5.84 Å². The van der Waals surface area contributed by atoms with E-state index >= 15 is 0 Å². The first-order valence-corrected chi connectivity index (χ1v) is 6.90. The molecule has 98 valence electrons. The van der Waals surface area contributed by atoms with Crippen molar-refractivity contribution >= 4 is 0 Å². The molecule has 0 bridgehead atoms. The first-order valence-electron chi connectivity index (χ1n) is 6.90. The van der Waals surface area contributed by atoms with Crippen LogP contribution in [0.5, 0.6) is 0 Å². The summed E-state index contributed by atoms with van der Waals surface area (Å²) in [7, 11) is 0. The van der Waals surface area contributed by atoms with Crippen molar-refractivity contribution in [3.8, 4) is 0 Å². The molecule has 0 saturated heterocycles. The zero-order valence-electron chi connectivity index (χ0n) is 11.3. The maximum absolute atomic E-state index is 5.83. The van der Waals surface area contributed by atoms with Crippen molar-refractivity contribution in [2.75, 3.05) is 0 Å². The number of hydrazine groups is 1. The number of nitrogens with one attached hydrogen (secondary N) is 1. The smallest absolute Gasteiger partial charge is 0.0528 e. The summed E-state index contributed by atoms with van der Waals surface area (Å²) in [6.07, 6.45) is 2.33. The van der Waals surface area contributed by atoms with E-state index in [1.165, 1.54) is 28.7 Å². The van der Waals surface area contributed by atoms with E-state index in [4.69, 9.17) is 5.84 Å². The minimum atomic E-state index is 0.198. The van der Waals surface area contributed by atoms with Crippen LogP contribution in [0.4, 0.5) is 0 Å². The van der Waals surface area contributed by atoms with Crippen LogP contribution in [-0.4, -0.2) is 0 Å². The van der Waals surface area contributed by atoms with Crippen LogP contribution in [0.1, 0.15) is 40.6 Å². The van der Waals surface area contributed by atoms with Gasteiger partial charge in [-0.1, -0.05) is 54.1 Å². The number of aryl methyl sites for hydroxylation is 2. The van der Waals surface area contributed by atoms with Gasteiger partial charge < -0.3 is 0 Å². The first kappa shape index (κ1) is 12.4. The van der Waals surface area contributed by atoms with E-state index in [0.29, 0.717) is 5.92 Å². The van der Waals surface area contributed by atoms with Crippen molar-refractivity contribution in [3.05, 3.63) is 70.8 Å². The maximum atomic E-state index is 5.83. The monoisotopic (exact) mass is 252 g/mol. The average Bonchev–Trinajstić information content (AvgIpc) is 2.86. The SMILES string of the molecule is Cc1ccc(C(NN)C2CCc3ccccc32)cc1. The molecule has 0 fully saturated rings. The van der Waals surface area contributed by atoms with Crippen molar-refractivity contribution in [2.45, 2.75) is 31.7 Å². The molecule has 0 aliphatic heterocycles. The highest BCUT2D eigenvalue weighted by Gasteiger charge is 2.29. The minimum absolute atomic E-state index is 0.198. The predicted molar refractivity (Wildman–Crippen MR) is 78.7 cm³/mol. The largest absolute Gasteiger partial charge is 0.271 e. The molecule has 0 radical (unpaired) electrons. The predicted octanol–water partition coefficient (Wildman–Crippen LogP) is 3.23. The lowest BCUT2D eigenvalue weighted by Gasteiger charge is -2.24. The highest BCUT2D eigenvalue weighted by Crippen LogP contribution is 2.41. The average molecular weight is 252 g/mol. The third-order valence-corrected chi connectivity index (χ3v) is 4.20. The van der Waals surface area contributed by atoms with E-state index in [2.05, 4.69) is 60.9 Å². The van der Waals surface area contributed by atoms with Crippen molar-refractivity contribution < 1.29 is 0 Å². The molecule has 2 heteroatoms. The van der Waals surface area contributed by atoms with Crippen LogP contribution in [0.3, 0.4) is 0 Å². The lowest BCUT2D eigenvalue weighted by atomic mass is 9.88. The van der Waals surface area contributed by atoms with Crippen LogP contribution in [0.2, 0.25) is 0 Å². The lowest BCUT2D eigenvalue weighted by Crippen LogP contribution is -2.32. The summed E-state index contributed by atoms with van der Waals surface area (Å²) in [6.45, 7) is 2.11. The summed E-state index contributed by atoms with van der Waals surface area (Å²) in [6, 6.07) is 17.6. The molecule has 0 heterocycles. The van der Waals surface area contributed by atoms with Gasteiger partial charge in [0.1, 0.15) is 0 Å². The second kappa shape index (κ2) is 5.16. The molecule has 19 heavy (non-hydrogen) atoms. The van der Waals surface area contributed by atoms with E-state index in [1.807, 2.05) is 0 Å². The van der Waals surface area contributed by atoms with Crippen LogP contribution < -0.4 is 11.3 Å². The number of fused-ring (bicyclic) bond motifs is 1. The van der Waals surface area contributed by atoms with E-state index in [-0.39, 0.29) is 6.04 Å². The minimum Gasteiger partial charge on any atom is -0.271 e. The molecule has 2 unspecified atom stereocenters. The molecule has 2 nitrogen and oxygen atoms in total. The Morgan fingerprint density at radius 3 is 2.58 bits per heavy atom. The van der Waals surface area contributed by atoms with Gasteiger partial charge in [0.25, 0.3) is 0 Å². The number of rotatable bonds is 3. The summed E-state index contributed by atoms with van der Waals surface area (Å²) in [5, 5.41) is 0. The topological polar surface area (TPSA) is 38.0 Å². The van der Waals surface area contributed by atoms with E-state index in [9.17, 15) is 0 Å². The van der Waals surface area contributed by atoms with Gasteiger partial charge in [0, 0.05) is 5.92 Å². The molecule has 2 aromatic carbocycles. The van der Waals surface area contributed by atoms with E-state index < -0.39 is 0 Å². The molecule has 2 atom stereocenters. The van der Waals surface area contributed by atoms with Gasteiger partial charge in [-0.15, -0.1) is 0 Å². The van der Waals surface area contributed by atoms with Gasteiger partial charge in [0.05, 0.1) is 6.04 Å². The highest BCUT2D eigenvalue weighted by molar-refractivity contribution is 5.38. The molecule has 3 N–H and O–H groups in total. The number of nitrogens with two attached hydrogens (primary N) is 1. The second-order valence-corrected chi connectivity index (χ2v) is 5.40. The van der Waals surface area contributed by atoms with Crippen molar-refractivity contribution in [3.63, 3.8) is 0 Å². The van der Waals surface area contributed by atoms with Crippen LogP contribution in [-0.2, 0) is 6.42 Å². The molecule has 1 aliphatic carbocycles. The number of hydrogen-bond acceptors (Lipinski definition) is 2. The third-order valence-electron chi connectivity index (χ3n) is 4.20. The van der Waals surface area contributed by atoms with Gasteiger partial charge >= 0.3 is 0 Å². The Morgan fingerprint density at radius 1 is 1.11 bits per heavy atom. The summed E-state index contributed by atoms with van der Waals surface area (Å²) < 4.78 is 0. The Kier molecular flexibility index (Phi) is 3.36. The Morgan fingerprint density at radius 2 is 1.84 bits per heavy atom. The summed E-state index contributed by atoms with van der Waals surface area (Å²) in [5.74, 6) is 6.31. The fourth-order valence-electron chi connectivity index (χ4n) is 3.15. The summed E-state index contributed by atoms with van der Waals surface area (Å²) >= 11 is 0. The highest BCUT2D eigenvalue weighted by atomic mass is 15.2. The molecular formula is C17H20N2. The van der Waals surface area contributed by atoms with Crippen molar-refractivity contribution in [1.29, 1.82) is 0 Å². The van der Waals surface area contributed by atoms with Gasteiger partial charge in [-0.2, -0.15) is 0 Å². The van der Waals surface area contributed by atoms with E-state index in [1.54, 1.807) is 0 Å². The van der Waals surface area contributed by atoms with Crippen LogP contribution in [0, 0.1) is 6.92 Å². The molecule has 3 rings (SSSR count). The van der Waals surface area contributed by atoms with Crippen molar-refractivity contribution in [1.82, 2.24) is 5.43 Å². The molecule has 2 aromatic rings. The lowest BCUT2D eigenvalue weighted by molar-refractivity contribution is 0.453. The molecule has 0 amide bonds. The van der Waals surface area contributed by atoms with Gasteiger partial charge in [0.2, 0.25) is 0 Å². The Bertz CT molecular complexity index is 560. The Labute approximate surface area is 114 Å². The molecular weight excluding hydrogens is 232 g/mol. The molecule has 0 saturated carbocycles. The second-order valence-electron chi connectivity index (χ2n) is 5.40. The Balaban J connectivity index is 1.94. The molecule has 0 aromatic heterocycles. The van der Waals surface area contributed by atoms with Gasteiger partial charge in [0.15, 0.2) is 0 Å². The fourth-order valence-corrected chi connectivity index (χ4v) is 3.15. The van der Waals surface area contributed by atoms with Gasteiger partial charge in [-0.05, 0) is 36.5 Å².